The van der Waals surface area contributed by atoms with Crippen molar-refractivity contribution in [1.82, 2.24) is 19.9 Å². The Balaban J connectivity index is 1.36. The predicted octanol–water partition coefficient (Wildman–Crippen LogP) is 10.4. The minimum atomic E-state index is 0.162. The van der Waals surface area contributed by atoms with E-state index in [2.05, 4.69) is 71.6 Å². The Hall–Kier alpha value is -6.40. The number of aromatic hydroxyl groups is 1. The molecule has 2 aromatic heterocycles. The maximum atomic E-state index is 11.1. The normalized spacial score (nSPS) is 11.2. The number of nitrogens with zero attached hydrogens (tertiary/aromatic N) is 5. The summed E-state index contributed by atoms with van der Waals surface area (Å²) in [6.45, 7) is 3.89. The minimum absolute atomic E-state index is 0.162. The summed E-state index contributed by atoms with van der Waals surface area (Å²) in [6.07, 6.45) is 1.86. The summed E-state index contributed by atoms with van der Waals surface area (Å²) in [6, 6.07) is 47.0. The Bertz CT molecular complexity index is 2370. The van der Waals surface area contributed by atoms with Crippen molar-refractivity contribution < 1.29 is 5.11 Å². The van der Waals surface area contributed by atoms with Crippen LogP contribution in [0.1, 0.15) is 11.1 Å². The lowest BCUT2D eigenvalue weighted by Gasteiger charge is -2.27. The van der Waals surface area contributed by atoms with Gasteiger partial charge in [-0.3, -0.25) is 4.90 Å². The molecular weight excluding hydrogens is 590 g/mol. The molecule has 0 fully saturated rings. The fraction of sp³-hybridized carbons (Fsp3) is 0.0476. The van der Waals surface area contributed by atoms with Gasteiger partial charge in [-0.1, -0.05) is 109 Å². The maximum Gasteiger partial charge on any atom is 0.167 e. The minimum Gasteiger partial charge on any atom is -0.507 e. The summed E-state index contributed by atoms with van der Waals surface area (Å²) in [5.41, 5.74) is 5.94. The zero-order valence-corrected chi connectivity index (χ0v) is 26.5. The van der Waals surface area contributed by atoms with Crippen molar-refractivity contribution in [2.75, 3.05) is 4.90 Å². The fourth-order valence-corrected chi connectivity index (χ4v) is 6.32. The van der Waals surface area contributed by atoms with E-state index in [4.69, 9.17) is 19.9 Å². The quantitative estimate of drug-likeness (QED) is 0.199. The second-order valence-electron chi connectivity index (χ2n) is 11.9. The molecule has 2 heterocycles. The number of rotatable bonds is 6. The number of aryl methyl sites for hydroxylation is 2. The van der Waals surface area contributed by atoms with Crippen molar-refractivity contribution in [3.05, 3.63) is 157 Å². The molecule has 8 aromatic rings. The molecular formula is C42H31N5O. The Morgan fingerprint density at radius 3 is 1.98 bits per heavy atom. The number of hydrogen-bond donors (Lipinski definition) is 1. The molecule has 0 saturated carbocycles. The maximum absolute atomic E-state index is 11.1. The number of phenols is 1. The van der Waals surface area contributed by atoms with Crippen LogP contribution in [0.25, 0.3) is 55.7 Å². The molecule has 0 saturated heterocycles. The molecule has 0 atom stereocenters. The standard InChI is InChI=1S/C42H31N5O/c1-27-24-28(2)38(48)36(25-27)41-45-39(31-14-4-3-5-15-31)44-40(46-41)32-17-10-18-33(26-32)47(37-21-11-16-29-12-6-8-19-34(29)37)42-35-20-9-7-13-30(35)22-23-43-42/h3-26,48H,1-2H3. The van der Waals surface area contributed by atoms with Crippen molar-refractivity contribution >= 4 is 38.7 Å². The lowest BCUT2D eigenvalue weighted by molar-refractivity contribution is 0.472. The first-order valence-corrected chi connectivity index (χ1v) is 15.9. The van der Waals surface area contributed by atoms with Gasteiger partial charge in [-0.05, 0) is 66.1 Å². The largest absolute Gasteiger partial charge is 0.507 e. The van der Waals surface area contributed by atoms with Crippen LogP contribution in [0.2, 0.25) is 0 Å². The van der Waals surface area contributed by atoms with E-state index in [1.54, 1.807) is 0 Å². The third kappa shape index (κ3) is 5.29. The SMILES string of the molecule is Cc1cc(C)c(O)c(-c2nc(-c3ccccc3)nc(-c3cccc(N(c4cccc5ccccc45)c4nccc5ccccc45)c3)n2)c1. The van der Waals surface area contributed by atoms with Crippen molar-refractivity contribution in [3.8, 4) is 39.9 Å². The highest BCUT2D eigenvalue weighted by Gasteiger charge is 2.21. The zero-order valence-electron chi connectivity index (χ0n) is 26.5. The lowest BCUT2D eigenvalue weighted by atomic mass is 10.0. The van der Waals surface area contributed by atoms with Gasteiger partial charge in [0.1, 0.15) is 11.6 Å². The number of anilines is 3. The molecule has 0 unspecified atom stereocenters. The predicted molar refractivity (Wildman–Crippen MR) is 195 cm³/mol. The number of benzene rings is 6. The molecule has 0 aliphatic carbocycles. The van der Waals surface area contributed by atoms with Crippen LogP contribution < -0.4 is 4.90 Å². The molecule has 1 N–H and O–H groups in total. The number of hydrogen-bond acceptors (Lipinski definition) is 6. The summed E-state index contributed by atoms with van der Waals surface area (Å²) in [7, 11) is 0. The van der Waals surface area contributed by atoms with Crippen LogP contribution in [0.5, 0.6) is 5.75 Å². The molecule has 0 aliphatic rings. The number of pyridine rings is 1. The third-order valence-electron chi connectivity index (χ3n) is 8.59. The van der Waals surface area contributed by atoms with Gasteiger partial charge in [-0.25, -0.2) is 19.9 Å². The monoisotopic (exact) mass is 621 g/mol. The van der Waals surface area contributed by atoms with Gasteiger partial charge in [0.2, 0.25) is 0 Å². The summed E-state index contributed by atoms with van der Waals surface area (Å²) in [5, 5.41) is 15.5. The molecule has 0 bridgehead atoms. The van der Waals surface area contributed by atoms with E-state index in [0.29, 0.717) is 23.0 Å². The molecule has 6 heteroatoms. The average Bonchev–Trinajstić information content (AvgIpc) is 3.14. The van der Waals surface area contributed by atoms with Gasteiger partial charge in [0.05, 0.1) is 11.3 Å². The Labute approximate surface area is 278 Å². The summed E-state index contributed by atoms with van der Waals surface area (Å²) in [4.78, 5) is 22.0. The van der Waals surface area contributed by atoms with Gasteiger partial charge in [0.25, 0.3) is 0 Å². The van der Waals surface area contributed by atoms with E-state index in [0.717, 1.165) is 61.0 Å². The lowest BCUT2D eigenvalue weighted by Crippen LogP contribution is -2.13. The Morgan fingerprint density at radius 1 is 0.542 bits per heavy atom. The Kier molecular flexibility index (Phi) is 7.31. The van der Waals surface area contributed by atoms with Crippen LogP contribution in [-0.4, -0.2) is 25.0 Å². The number of phenolic OH excluding ortho intramolecular Hbond substituents is 1. The van der Waals surface area contributed by atoms with E-state index in [1.165, 1.54) is 0 Å². The highest BCUT2D eigenvalue weighted by Crippen LogP contribution is 2.42. The van der Waals surface area contributed by atoms with Gasteiger partial charge in [0.15, 0.2) is 17.5 Å². The van der Waals surface area contributed by atoms with Crippen molar-refractivity contribution in [1.29, 1.82) is 0 Å². The van der Waals surface area contributed by atoms with Gasteiger partial charge in [-0.15, -0.1) is 0 Å². The molecule has 0 amide bonds. The van der Waals surface area contributed by atoms with Crippen LogP contribution in [0.3, 0.4) is 0 Å². The Morgan fingerprint density at radius 2 is 1.17 bits per heavy atom. The van der Waals surface area contributed by atoms with Gasteiger partial charge < -0.3 is 5.11 Å². The van der Waals surface area contributed by atoms with Crippen molar-refractivity contribution in [2.45, 2.75) is 13.8 Å². The van der Waals surface area contributed by atoms with Gasteiger partial charge >= 0.3 is 0 Å². The highest BCUT2D eigenvalue weighted by molar-refractivity contribution is 6.03. The van der Waals surface area contributed by atoms with Gasteiger partial charge in [-0.2, -0.15) is 0 Å². The first-order valence-electron chi connectivity index (χ1n) is 15.9. The third-order valence-corrected chi connectivity index (χ3v) is 8.59. The average molecular weight is 622 g/mol. The van der Waals surface area contributed by atoms with E-state index >= 15 is 0 Å². The molecule has 6 aromatic carbocycles. The first kappa shape index (κ1) is 29.0. The van der Waals surface area contributed by atoms with Crippen LogP contribution in [0.4, 0.5) is 17.2 Å². The second-order valence-corrected chi connectivity index (χ2v) is 11.9. The molecule has 6 nitrogen and oxygen atoms in total. The van der Waals surface area contributed by atoms with Gasteiger partial charge in [0, 0.05) is 33.8 Å². The number of aromatic nitrogens is 4. The van der Waals surface area contributed by atoms with Crippen LogP contribution >= 0.6 is 0 Å². The van der Waals surface area contributed by atoms with E-state index in [-0.39, 0.29) is 5.75 Å². The van der Waals surface area contributed by atoms with Crippen LogP contribution in [0, 0.1) is 13.8 Å². The smallest absolute Gasteiger partial charge is 0.167 e. The zero-order chi connectivity index (χ0) is 32.6. The van der Waals surface area contributed by atoms with Crippen molar-refractivity contribution in [3.63, 3.8) is 0 Å². The molecule has 8 rings (SSSR count). The number of fused-ring (bicyclic) bond motifs is 2. The van der Waals surface area contributed by atoms with E-state index < -0.39 is 0 Å². The summed E-state index contributed by atoms with van der Waals surface area (Å²) in [5.74, 6) is 2.43. The second kappa shape index (κ2) is 12.1. The molecule has 0 radical (unpaired) electrons. The fourth-order valence-electron chi connectivity index (χ4n) is 6.32. The van der Waals surface area contributed by atoms with Crippen LogP contribution in [-0.2, 0) is 0 Å². The highest BCUT2D eigenvalue weighted by atomic mass is 16.3. The van der Waals surface area contributed by atoms with E-state index in [1.807, 2.05) is 92.8 Å². The summed E-state index contributed by atoms with van der Waals surface area (Å²) >= 11 is 0. The molecule has 230 valence electrons. The molecule has 0 spiro atoms. The van der Waals surface area contributed by atoms with Crippen LogP contribution in [0.15, 0.2) is 146 Å². The van der Waals surface area contributed by atoms with E-state index in [9.17, 15) is 5.11 Å². The molecule has 48 heavy (non-hydrogen) atoms. The topological polar surface area (TPSA) is 75.0 Å². The summed E-state index contributed by atoms with van der Waals surface area (Å²) < 4.78 is 0. The molecule has 0 aliphatic heterocycles. The first-order chi connectivity index (χ1) is 23.5. The van der Waals surface area contributed by atoms with Crippen molar-refractivity contribution in [2.24, 2.45) is 0 Å².